The first-order valence-corrected chi connectivity index (χ1v) is 52.4. The van der Waals surface area contributed by atoms with E-state index < -0.39 is 40.3 Å². The number of alkyl halides is 6. The van der Waals surface area contributed by atoms with Crippen molar-refractivity contribution in [2.45, 2.75) is 208 Å². The van der Waals surface area contributed by atoms with Crippen LogP contribution in [-0.4, -0.2) is 167 Å². The van der Waals surface area contributed by atoms with Crippen LogP contribution in [0.1, 0.15) is 229 Å². The summed E-state index contributed by atoms with van der Waals surface area (Å²) in [5, 5.41) is 0. The van der Waals surface area contributed by atoms with E-state index in [4.69, 9.17) is 52.1 Å². The average Bonchev–Trinajstić information content (AvgIpc) is 0.860. The molecule has 0 aliphatic rings. The first kappa shape index (κ1) is 122. The third-order valence-electron chi connectivity index (χ3n) is 22.0. The largest absolute Gasteiger partial charge is 0.482 e. The molecule has 0 fully saturated rings. The highest BCUT2D eigenvalue weighted by atomic mass is 79.9. The smallest absolute Gasteiger partial charge is 0.344 e. The van der Waals surface area contributed by atoms with Crippen molar-refractivity contribution in [1.82, 2.24) is 0 Å². The van der Waals surface area contributed by atoms with Gasteiger partial charge in [0.2, 0.25) is 0 Å². The minimum Gasteiger partial charge on any atom is -0.482 e. The molecular formula is C111H140Br6O22. The summed E-state index contributed by atoms with van der Waals surface area (Å²) in [6, 6.07) is 75.3. The van der Waals surface area contributed by atoms with Crippen LogP contribution in [0.4, 0.5) is 0 Å². The SMILES string of the molecule is CC(COC(=O)C(Br)C(C)c1ccccc1)COC(=O)C(Br)C(C)c1ccccc1.CC(COC(=O)C(Br)C(C)c1ccccc1)COC(=O)C(C)(C)C.CC(COC(=O)C(C)C)COC(=O)C(Br)C(C)c1ccccc1.CC(COC(=O)CC(C)c1ccccc1)COC(=O)C(Br)C(C)c1ccccc1.CC(COC(=O)COc1ccc(C(=O)C(C)C)cc1)COC(=O)C(Br)C(C)c1ccccc1. The number of hydrogen-bond acceptors (Lipinski definition) is 22. The summed E-state index contributed by atoms with van der Waals surface area (Å²) in [5.74, 6) is -3.22. The summed E-state index contributed by atoms with van der Waals surface area (Å²) < 4.78 is 58.7. The molecule has 0 aliphatic heterocycles. The quantitative estimate of drug-likeness (QED) is 0.0148. The number of benzene rings is 8. The molecule has 8 aromatic rings. The number of esters is 10. The van der Waals surface area contributed by atoms with Crippen molar-refractivity contribution in [3.63, 3.8) is 0 Å². The van der Waals surface area contributed by atoms with E-state index in [0.29, 0.717) is 17.7 Å². The van der Waals surface area contributed by atoms with Crippen molar-refractivity contribution in [2.75, 3.05) is 72.7 Å². The molecular weight excluding hydrogens is 2160 g/mol. The lowest BCUT2D eigenvalue weighted by Crippen LogP contribution is -2.28. The van der Waals surface area contributed by atoms with Crippen LogP contribution in [0.15, 0.2) is 237 Å². The normalized spacial score (nSPS) is 14.9. The molecule has 0 spiro atoms. The van der Waals surface area contributed by atoms with Crippen LogP contribution < -0.4 is 4.74 Å². The van der Waals surface area contributed by atoms with E-state index in [1.54, 1.807) is 58.9 Å². The van der Waals surface area contributed by atoms with Crippen LogP contribution in [0.25, 0.3) is 0 Å². The van der Waals surface area contributed by atoms with E-state index in [9.17, 15) is 52.7 Å². The van der Waals surface area contributed by atoms with E-state index in [2.05, 4.69) is 95.6 Å². The maximum Gasteiger partial charge on any atom is 0.344 e. The van der Waals surface area contributed by atoms with Gasteiger partial charge in [-0.05, 0) is 89.9 Å². The standard InChI is InChI=1S/C26H31BrO6.C24H28Br2O4.C24H29BrO4.C19H27BrO4.C18H25BrO4/c1-17(2)25(29)21-10-12-22(13-11-21)31-16-23(28)32-14-18(3)15-33-26(30)24(27)19(4)20-8-6-5-7-9-20;1-16(14-29-23(27)21(25)17(2)19-10-6-4-7-11-19)15-30-24(28)22(26)18(3)20-12-8-5-9-13-20;1-17(15-28-22(26)14-18(2)20-10-6-4-7-11-20)16-29-24(27)23(25)19(3)21-12-8-5-9-13-21;1-13(12-24-18(22)19(3,4)5)11-23-17(21)16(20)14(2)15-9-7-6-8-10-15;1-12(2)17(20)22-10-13(3)11-23-18(21)16(19)14(4)15-8-6-5-7-9-15/h5-13,17-19,24H,14-16H2,1-4H3;4-13,16-18,21-22H,14-15H2,1-3H3;4-13,17-19,23H,14-16H2,1-3H3;6-10,13-14,16H,11-12H2,1-5H3;5-9,12-14,16H,10-11H2,1-4H3. The second kappa shape index (κ2) is 65.8. The molecule has 0 bridgehead atoms. The average molecular weight is 2310 g/mol. The third kappa shape index (κ3) is 47.1. The van der Waals surface area contributed by atoms with Crippen molar-refractivity contribution in [1.29, 1.82) is 0 Å². The van der Waals surface area contributed by atoms with E-state index >= 15 is 0 Å². The lowest BCUT2D eigenvalue weighted by molar-refractivity contribution is -0.156. The number of rotatable bonds is 47. The first-order chi connectivity index (χ1) is 65.8. The van der Waals surface area contributed by atoms with Crippen LogP contribution in [-0.2, 0) is 95.3 Å². The maximum absolute atomic E-state index is 12.4. The fraction of sp³-hybridized carbons (Fsp3) is 0.468. The Morgan fingerprint density at radius 2 is 0.453 bits per heavy atom. The van der Waals surface area contributed by atoms with Gasteiger partial charge in [0.15, 0.2) is 12.4 Å². The fourth-order valence-electron chi connectivity index (χ4n) is 12.6. The van der Waals surface area contributed by atoms with Crippen molar-refractivity contribution in [3.05, 3.63) is 281 Å². The van der Waals surface area contributed by atoms with Crippen LogP contribution in [0.3, 0.4) is 0 Å². The lowest BCUT2D eigenvalue weighted by Gasteiger charge is -2.21. The Kier molecular flexibility index (Phi) is 57.8. The van der Waals surface area contributed by atoms with E-state index in [1.807, 2.05) is 309 Å². The van der Waals surface area contributed by atoms with E-state index in [0.717, 1.165) is 38.9 Å². The monoisotopic (exact) mass is 2300 g/mol. The van der Waals surface area contributed by atoms with Crippen molar-refractivity contribution >= 4 is 161 Å². The Balaban J connectivity index is 0.000000365. The zero-order valence-corrected chi connectivity index (χ0v) is 92.8. The van der Waals surface area contributed by atoms with E-state index in [-0.39, 0.29) is 215 Å². The van der Waals surface area contributed by atoms with Gasteiger partial charge in [0, 0.05) is 76.6 Å². The number of ketones is 1. The minimum atomic E-state index is -0.525. The van der Waals surface area contributed by atoms with Gasteiger partial charge in [0.25, 0.3) is 0 Å². The topological polar surface area (TPSA) is 289 Å². The molecule has 0 amide bonds. The Morgan fingerprint density at radius 1 is 0.245 bits per heavy atom. The van der Waals surface area contributed by atoms with Crippen molar-refractivity contribution < 1.29 is 105 Å². The van der Waals surface area contributed by atoms with Gasteiger partial charge >= 0.3 is 59.7 Å². The molecule has 8 rings (SSSR count). The Labute approximate surface area is 873 Å². The number of halogens is 6. The van der Waals surface area contributed by atoms with Gasteiger partial charge in [0.05, 0.1) is 83.8 Å². The van der Waals surface area contributed by atoms with Crippen LogP contribution in [0.2, 0.25) is 0 Å². The molecule has 0 saturated heterocycles. The molecule has 8 aromatic carbocycles. The fourth-order valence-corrected chi connectivity index (χ4v) is 15.2. The van der Waals surface area contributed by atoms with Gasteiger partial charge < -0.3 is 52.1 Å². The summed E-state index contributed by atoms with van der Waals surface area (Å²) in [6.45, 7) is 37.7. The number of ether oxygens (including phenoxy) is 11. The molecule has 17 atom stereocenters. The second-order valence-corrected chi connectivity index (χ2v) is 42.7. The van der Waals surface area contributed by atoms with Crippen LogP contribution >= 0.6 is 95.6 Å². The summed E-state index contributed by atoms with van der Waals surface area (Å²) in [7, 11) is 0. The molecule has 0 N–H and O–H groups in total. The molecule has 0 heterocycles. The number of hydrogen-bond donors (Lipinski definition) is 0. The summed E-state index contributed by atoms with van der Waals surface area (Å²) in [5.41, 5.74) is 7.58. The highest BCUT2D eigenvalue weighted by molar-refractivity contribution is 9.10. The van der Waals surface area contributed by atoms with Gasteiger partial charge in [-0.1, -0.05) is 419 Å². The van der Waals surface area contributed by atoms with Gasteiger partial charge in [-0.15, -0.1) is 0 Å². The Morgan fingerprint density at radius 3 is 0.676 bits per heavy atom. The van der Waals surface area contributed by atoms with Gasteiger partial charge in [0.1, 0.15) is 34.7 Å². The summed E-state index contributed by atoms with van der Waals surface area (Å²) in [6.07, 6.45) is 0.328. The molecule has 0 radical (unpaired) electrons. The highest BCUT2D eigenvalue weighted by Gasteiger charge is 2.33. The summed E-state index contributed by atoms with van der Waals surface area (Å²) >= 11 is 20.6. The first-order valence-electron chi connectivity index (χ1n) is 46.9. The van der Waals surface area contributed by atoms with E-state index in [1.165, 1.54) is 0 Å². The van der Waals surface area contributed by atoms with Gasteiger partial charge in [-0.25, -0.2) is 4.79 Å². The molecule has 22 nitrogen and oxygen atoms in total. The number of carbonyl (C=O) groups excluding carboxylic acids is 11. The Bertz CT molecular complexity index is 4860. The number of Topliss-reactive ketones (excluding diaryl/α,β-unsaturated/α-hetero) is 1. The Hall–Kier alpha value is -9.19. The zero-order chi connectivity index (χ0) is 103. The van der Waals surface area contributed by atoms with Crippen LogP contribution in [0.5, 0.6) is 5.75 Å². The predicted octanol–water partition coefficient (Wildman–Crippen LogP) is 24.8. The molecule has 0 aromatic heterocycles. The molecule has 0 aliphatic carbocycles. The molecule has 758 valence electrons. The molecule has 28 heteroatoms. The zero-order valence-electron chi connectivity index (χ0n) is 83.3. The predicted molar refractivity (Wildman–Crippen MR) is 566 cm³/mol. The van der Waals surface area contributed by atoms with Crippen LogP contribution in [0, 0.1) is 46.8 Å². The van der Waals surface area contributed by atoms with Gasteiger partial charge in [-0.3, -0.25) is 47.9 Å². The summed E-state index contributed by atoms with van der Waals surface area (Å²) in [4.78, 5) is 130. The second-order valence-electron chi connectivity index (χ2n) is 36.8. The third-order valence-corrected chi connectivity index (χ3v) is 29.0. The number of carbonyl (C=O) groups is 11. The van der Waals surface area contributed by atoms with Crippen molar-refractivity contribution in [3.8, 4) is 5.75 Å². The lowest BCUT2D eigenvalue weighted by atomic mass is 9.97. The highest BCUT2D eigenvalue weighted by Crippen LogP contribution is 2.33. The van der Waals surface area contributed by atoms with Gasteiger partial charge in [-0.2, -0.15) is 0 Å². The molecule has 0 saturated carbocycles. The molecule has 17 unspecified atom stereocenters. The van der Waals surface area contributed by atoms with Crippen molar-refractivity contribution in [2.24, 2.45) is 46.8 Å². The minimum absolute atomic E-state index is 0.00342. The maximum atomic E-state index is 12.4. The molecule has 139 heavy (non-hydrogen) atoms.